The number of nitrogens with zero attached hydrogens (tertiary/aromatic N) is 2. The van der Waals surface area contributed by atoms with Crippen LogP contribution in [0.2, 0.25) is 0 Å². The summed E-state index contributed by atoms with van der Waals surface area (Å²) in [6.07, 6.45) is 9.11. The van der Waals surface area contributed by atoms with Crippen molar-refractivity contribution >= 4 is 5.91 Å². The Kier molecular flexibility index (Phi) is 3.11. The Morgan fingerprint density at radius 3 is 3.20 bits per heavy atom. The Bertz CT molecular complexity index is 344. The largest absolute Gasteiger partial charge is 0.350 e. The van der Waals surface area contributed by atoms with Crippen LogP contribution in [0.3, 0.4) is 0 Å². The Morgan fingerprint density at radius 1 is 1.60 bits per heavy atom. The van der Waals surface area contributed by atoms with Gasteiger partial charge >= 0.3 is 0 Å². The highest BCUT2D eigenvalue weighted by Gasteiger charge is 2.13. The number of hydrogen-bond acceptors (Lipinski definition) is 3. The molecule has 1 heterocycles. The molecule has 0 spiro atoms. The molecule has 0 bridgehead atoms. The minimum absolute atomic E-state index is 0.154. The fourth-order valence-corrected chi connectivity index (χ4v) is 1.68. The van der Waals surface area contributed by atoms with Crippen LogP contribution in [-0.2, 0) is 0 Å². The lowest BCUT2D eigenvalue weighted by atomic mass is 9.94. The van der Waals surface area contributed by atoms with Crippen LogP contribution in [0.15, 0.2) is 18.3 Å². The van der Waals surface area contributed by atoms with Gasteiger partial charge in [-0.25, -0.2) is 0 Å². The first kappa shape index (κ1) is 9.89. The Hall–Kier alpha value is -1.65. The van der Waals surface area contributed by atoms with Gasteiger partial charge in [-0.3, -0.25) is 4.79 Å². The zero-order chi connectivity index (χ0) is 10.5. The molecule has 0 saturated carbocycles. The first-order valence-electron chi connectivity index (χ1n) is 5.15. The van der Waals surface area contributed by atoms with Crippen molar-refractivity contribution in [2.75, 3.05) is 6.54 Å². The molecule has 5 nitrogen and oxygen atoms in total. The van der Waals surface area contributed by atoms with Gasteiger partial charge in [0.25, 0.3) is 5.91 Å². The number of carbonyl (C=O) groups excluding carboxylic acids is 1. The van der Waals surface area contributed by atoms with Gasteiger partial charge in [0.15, 0.2) is 5.69 Å². The normalized spacial score (nSPS) is 20.1. The van der Waals surface area contributed by atoms with Crippen molar-refractivity contribution in [1.82, 2.24) is 20.7 Å². The maximum absolute atomic E-state index is 11.5. The average molecular weight is 206 g/mol. The highest BCUT2D eigenvalue weighted by atomic mass is 16.1. The van der Waals surface area contributed by atoms with Gasteiger partial charge in [0.05, 0.1) is 6.20 Å². The molecule has 2 N–H and O–H groups in total. The third-order valence-corrected chi connectivity index (χ3v) is 2.58. The zero-order valence-corrected chi connectivity index (χ0v) is 8.44. The zero-order valence-electron chi connectivity index (χ0n) is 8.44. The van der Waals surface area contributed by atoms with E-state index < -0.39 is 0 Å². The van der Waals surface area contributed by atoms with E-state index in [-0.39, 0.29) is 5.91 Å². The summed E-state index contributed by atoms with van der Waals surface area (Å²) >= 11 is 0. The van der Waals surface area contributed by atoms with E-state index in [9.17, 15) is 4.79 Å². The number of H-pyrrole nitrogens is 1. The minimum atomic E-state index is -0.154. The molecule has 0 saturated heterocycles. The van der Waals surface area contributed by atoms with Gasteiger partial charge in [0.2, 0.25) is 0 Å². The topological polar surface area (TPSA) is 70.7 Å². The van der Waals surface area contributed by atoms with Crippen molar-refractivity contribution in [2.24, 2.45) is 5.92 Å². The molecule has 0 radical (unpaired) electrons. The summed E-state index contributed by atoms with van der Waals surface area (Å²) in [5.41, 5.74) is 0.348. The number of nitrogens with one attached hydrogen (secondary N) is 2. The summed E-state index contributed by atoms with van der Waals surface area (Å²) in [5, 5.41) is 12.6. The number of amides is 1. The van der Waals surface area contributed by atoms with Gasteiger partial charge in [-0.2, -0.15) is 15.4 Å². The van der Waals surface area contributed by atoms with Crippen molar-refractivity contribution in [1.29, 1.82) is 0 Å². The summed E-state index contributed by atoms with van der Waals surface area (Å²) in [4.78, 5) is 11.5. The van der Waals surface area contributed by atoms with Crippen LogP contribution in [0.5, 0.6) is 0 Å². The number of allylic oxidation sites excluding steroid dienone is 2. The molecule has 1 amide bonds. The summed E-state index contributed by atoms with van der Waals surface area (Å²) in [7, 11) is 0. The monoisotopic (exact) mass is 206 g/mol. The van der Waals surface area contributed by atoms with Gasteiger partial charge < -0.3 is 5.32 Å². The molecule has 1 aliphatic carbocycles. The highest BCUT2D eigenvalue weighted by molar-refractivity contribution is 5.91. The van der Waals surface area contributed by atoms with Crippen molar-refractivity contribution in [2.45, 2.75) is 19.3 Å². The molecule has 1 aromatic rings. The number of aromatic amines is 1. The van der Waals surface area contributed by atoms with Gasteiger partial charge in [-0.1, -0.05) is 12.2 Å². The smallest absolute Gasteiger partial charge is 0.273 e. The van der Waals surface area contributed by atoms with Crippen LogP contribution in [0.1, 0.15) is 29.8 Å². The SMILES string of the molecule is O=C(NCC1CC=CCC1)c1cn[nH]n1. The molecule has 1 unspecified atom stereocenters. The van der Waals surface area contributed by atoms with E-state index >= 15 is 0 Å². The molecule has 0 fully saturated rings. The second-order valence-corrected chi connectivity index (χ2v) is 3.72. The van der Waals surface area contributed by atoms with E-state index in [1.807, 2.05) is 0 Å². The lowest BCUT2D eigenvalue weighted by molar-refractivity contribution is 0.0941. The molecule has 80 valence electrons. The van der Waals surface area contributed by atoms with E-state index in [0.29, 0.717) is 11.6 Å². The molecule has 0 aliphatic heterocycles. The molecule has 1 aromatic heterocycles. The van der Waals surface area contributed by atoms with E-state index in [1.54, 1.807) is 0 Å². The lowest BCUT2D eigenvalue weighted by Crippen LogP contribution is -2.29. The summed E-state index contributed by atoms with van der Waals surface area (Å²) in [6.45, 7) is 0.718. The average Bonchev–Trinajstić information content (AvgIpc) is 2.81. The van der Waals surface area contributed by atoms with Crippen molar-refractivity contribution in [3.8, 4) is 0 Å². The molecule has 1 aliphatic rings. The predicted octanol–water partition coefficient (Wildman–Crippen LogP) is 0.891. The summed E-state index contributed by atoms with van der Waals surface area (Å²) in [5.74, 6) is 0.407. The number of carbonyl (C=O) groups is 1. The van der Waals surface area contributed by atoms with Crippen LogP contribution in [0.25, 0.3) is 0 Å². The van der Waals surface area contributed by atoms with E-state index in [0.717, 1.165) is 25.8 Å². The minimum Gasteiger partial charge on any atom is -0.350 e. The molecule has 2 rings (SSSR count). The van der Waals surface area contributed by atoms with Crippen LogP contribution in [0.4, 0.5) is 0 Å². The van der Waals surface area contributed by atoms with Gasteiger partial charge in [-0.05, 0) is 25.2 Å². The van der Waals surface area contributed by atoms with Crippen LogP contribution < -0.4 is 5.32 Å². The fourth-order valence-electron chi connectivity index (χ4n) is 1.68. The van der Waals surface area contributed by atoms with Crippen molar-refractivity contribution in [3.05, 3.63) is 24.0 Å². The van der Waals surface area contributed by atoms with E-state index in [1.165, 1.54) is 6.20 Å². The van der Waals surface area contributed by atoms with E-state index in [4.69, 9.17) is 0 Å². The maximum Gasteiger partial charge on any atom is 0.273 e. The second kappa shape index (κ2) is 4.72. The Labute approximate surface area is 88.0 Å². The third kappa shape index (κ3) is 2.65. The first-order valence-corrected chi connectivity index (χ1v) is 5.15. The van der Waals surface area contributed by atoms with Gasteiger partial charge in [-0.15, -0.1) is 0 Å². The lowest BCUT2D eigenvalue weighted by Gasteiger charge is -2.17. The number of rotatable bonds is 3. The number of hydrogen-bond donors (Lipinski definition) is 2. The molecule has 0 aromatic carbocycles. The summed E-state index contributed by atoms with van der Waals surface area (Å²) < 4.78 is 0. The Morgan fingerprint density at radius 2 is 2.53 bits per heavy atom. The van der Waals surface area contributed by atoms with Crippen molar-refractivity contribution in [3.63, 3.8) is 0 Å². The summed E-state index contributed by atoms with van der Waals surface area (Å²) in [6, 6.07) is 0. The highest BCUT2D eigenvalue weighted by Crippen LogP contribution is 2.16. The maximum atomic E-state index is 11.5. The third-order valence-electron chi connectivity index (χ3n) is 2.58. The van der Waals surface area contributed by atoms with Crippen LogP contribution in [0, 0.1) is 5.92 Å². The van der Waals surface area contributed by atoms with Crippen LogP contribution in [-0.4, -0.2) is 27.9 Å². The molecular weight excluding hydrogens is 192 g/mol. The molecule has 15 heavy (non-hydrogen) atoms. The first-order chi connectivity index (χ1) is 7.36. The predicted molar refractivity (Wildman–Crippen MR) is 55.2 cm³/mol. The van der Waals surface area contributed by atoms with E-state index in [2.05, 4.69) is 32.9 Å². The van der Waals surface area contributed by atoms with Crippen molar-refractivity contribution < 1.29 is 4.79 Å². The standard InChI is InChI=1S/C10H14N4O/c15-10(9-7-12-14-13-9)11-6-8-4-2-1-3-5-8/h1-2,7-8H,3-6H2,(H,11,15)(H,12,13,14). The second-order valence-electron chi connectivity index (χ2n) is 3.72. The van der Waals surface area contributed by atoms with Crippen LogP contribution >= 0.6 is 0 Å². The quantitative estimate of drug-likeness (QED) is 0.721. The number of aromatic nitrogens is 3. The van der Waals surface area contributed by atoms with Gasteiger partial charge in [0, 0.05) is 6.54 Å². The molecule has 5 heteroatoms. The molecular formula is C10H14N4O. The Balaban J connectivity index is 1.78. The van der Waals surface area contributed by atoms with Gasteiger partial charge in [0.1, 0.15) is 0 Å². The molecule has 1 atom stereocenters. The fraction of sp³-hybridized carbons (Fsp3) is 0.500.